The van der Waals surface area contributed by atoms with Gasteiger partial charge in [-0.3, -0.25) is 4.79 Å². The van der Waals surface area contributed by atoms with Crippen LogP contribution in [0.4, 0.5) is 11.4 Å². The second-order valence-corrected chi connectivity index (χ2v) is 4.05. The fourth-order valence-corrected chi connectivity index (χ4v) is 1.61. The fourth-order valence-electron chi connectivity index (χ4n) is 1.61. The quantitative estimate of drug-likeness (QED) is 0.808. The van der Waals surface area contributed by atoms with Crippen LogP contribution in [0, 0.1) is 0 Å². The van der Waals surface area contributed by atoms with Crippen LogP contribution in [0.2, 0.25) is 0 Å². The van der Waals surface area contributed by atoms with E-state index in [1.807, 2.05) is 42.5 Å². The number of ether oxygens (including phenoxy) is 1. The summed E-state index contributed by atoms with van der Waals surface area (Å²) < 4.78 is 5.46. The number of carbonyl (C=O) groups is 1. The van der Waals surface area contributed by atoms with E-state index < -0.39 is 0 Å². The molecule has 2 aromatic rings. The van der Waals surface area contributed by atoms with Crippen molar-refractivity contribution in [3.8, 4) is 5.75 Å². The highest BCUT2D eigenvalue weighted by molar-refractivity contribution is 5.90. The molecule has 3 N–H and O–H groups in total. The molecule has 0 aromatic heterocycles. The molecule has 4 heteroatoms. The second-order valence-electron chi connectivity index (χ2n) is 4.05. The second kappa shape index (κ2) is 6.44. The molecule has 19 heavy (non-hydrogen) atoms. The minimum atomic E-state index is -0.0827. The molecule has 0 unspecified atom stereocenters. The maximum Gasteiger partial charge on any atom is 0.227 e. The van der Waals surface area contributed by atoms with Gasteiger partial charge in [0.15, 0.2) is 0 Å². The summed E-state index contributed by atoms with van der Waals surface area (Å²) in [6, 6.07) is 16.6. The van der Waals surface area contributed by atoms with Gasteiger partial charge in [-0.25, -0.2) is 0 Å². The largest absolute Gasteiger partial charge is 0.491 e. The van der Waals surface area contributed by atoms with E-state index in [1.54, 1.807) is 12.1 Å². The van der Waals surface area contributed by atoms with Crippen LogP contribution >= 0.6 is 0 Å². The summed E-state index contributed by atoms with van der Waals surface area (Å²) in [4.78, 5) is 11.7. The molecule has 0 saturated carbocycles. The first-order valence-corrected chi connectivity index (χ1v) is 6.08. The minimum Gasteiger partial charge on any atom is -0.491 e. The third-order valence-electron chi connectivity index (χ3n) is 2.56. The number of anilines is 2. The Balaban J connectivity index is 1.77. The molecule has 2 aromatic carbocycles. The molecule has 0 bridgehead atoms. The lowest BCUT2D eigenvalue weighted by Crippen LogP contribution is -2.15. The summed E-state index contributed by atoms with van der Waals surface area (Å²) in [7, 11) is 0. The van der Waals surface area contributed by atoms with Gasteiger partial charge in [-0.1, -0.05) is 30.3 Å². The minimum absolute atomic E-state index is 0.0827. The Kier molecular flexibility index (Phi) is 4.39. The molecular formula is C15H16N2O2. The zero-order valence-corrected chi connectivity index (χ0v) is 10.5. The Bertz CT molecular complexity index is 541. The predicted octanol–water partition coefficient (Wildman–Crippen LogP) is 2.68. The van der Waals surface area contributed by atoms with Crippen molar-refractivity contribution in [3.05, 3.63) is 54.6 Å². The van der Waals surface area contributed by atoms with Gasteiger partial charge in [-0.2, -0.15) is 0 Å². The Hall–Kier alpha value is -2.49. The number of hydrogen-bond donors (Lipinski definition) is 2. The molecule has 0 aliphatic heterocycles. The topological polar surface area (TPSA) is 64.3 Å². The van der Waals surface area contributed by atoms with Crippen LogP contribution in [0.1, 0.15) is 6.42 Å². The van der Waals surface area contributed by atoms with Gasteiger partial charge < -0.3 is 15.8 Å². The van der Waals surface area contributed by atoms with Crippen molar-refractivity contribution in [2.75, 3.05) is 17.7 Å². The van der Waals surface area contributed by atoms with Crippen molar-refractivity contribution < 1.29 is 9.53 Å². The van der Waals surface area contributed by atoms with Gasteiger partial charge in [0.25, 0.3) is 0 Å². The maximum atomic E-state index is 11.7. The number of nitrogen functional groups attached to an aromatic ring is 1. The fraction of sp³-hybridized carbons (Fsp3) is 0.133. The SMILES string of the molecule is Nc1ccccc1OCCC(=O)Nc1ccccc1. The number of hydrogen-bond acceptors (Lipinski definition) is 3. The van der Waals surface area contributed by atoms with Crippen LogP contribution in [0.25, 0.3) is 0 Å². The van der Waals surface area contributed by atoms with Crippen LogP contribution in [0.15, 0.2) is 54.6 Å². The van der Waals surface area contributed by atoms with E-state index in [0.717, 1.165) is 5.69 Å². The van der Waals surface area contributed by atoms with E-state index >= 15 is 0 Å². The van der Waals surface area contributed by atoms with Crippen LogP contribution in [-0.2, 0) is 4.79 Å². The molecule has 0 aliphatic rings. The summed E-state index contributed by atoms with van der Waals surface area (Å²) in [5, 5.41) is 2.79. The first-order valence-electron chi connectivity index (χ1n) is 6.08. The molecule has 0 fully saturated rings. The van der Waals surface area contributed by atoms with E-state index in [1.165, 1.54) is 0 Å². The number of rotatable bonds is 5. The van der Waals surface area contributed by atoms with Crippen molar-refractivity contribution in [1.82, 2.24) is 0 Å². The molecule has 0 heterocycles. The van der Waals surface area contributed by atoms with Crippen molar-refractivity contribution in [2.24, 2.45) is 0 Å². The highest BCUT2D eigenvalue weighted by Gasteiger charge is 2.03. The monoisotopic (exact) mass is 256 g/mol. The normalized spacial score (nSPS) is 9.89. The number of nitrogens with one attached hydrogen (secondary N) is 1. The van der Waals surface area contributed by atoms with Gasteiger partial charge in [0.1, 0.15) is 5.75 Å². The molecule has 1 amide bonds. The maximum absolute atomic E-state index is 11.7. The molecule has 0 atom stereocenters. The van der Waals surface area contributed by atoms with Crippen LogP contribution < -0.4 is 15.8 Å². The van der Waals surface area contributed by atoms with E-state index in [4.69, 9.17) is 10.5 Å². The van der Waals surface area contributed by atoms with E-state index in [9.17, 15) is 4.79 Å². The number of amides is 1. The van der Waals surface area contributed by atoms with Gasteiger partial charge in [-0.05, 0) is 24.3 Å². The van der Waals surface area contributed by atoms with Crippen molar-refractivity contribution in [1.29, 1.82) is 0 Å². The number of carbonyl (C=O) groups excluding carboxylic acids is 1. The van der Waals surface area contributed by atoms with Gasteiger partial charge in [0.05, 0.1) is 18.7 Å². The predicted molar refractivity (Wildman–Crippen MR) is 76.0 cm³/mol. The lowest BCUT2D eigenvalue weighted by Gasteiger charge is -2.08. The summed E-state index contributed by atoms with van der Waals surface area (Å²) in [6.45, 7) is 0.298. The standard InChI is InChI=1S/C15H16N2O2/c16-13-8-4-5-9-14(13)19-11-10-15(18)17-12-6-2-1-3-7-12/h1-9H,10-11,16H2,(H,17,18). The van der Waals surface area contributed by atoms with Crippen molar-refractivity contribution >= 4 is 17.3 Å². The molecule has 2 rings (SSSR count). The van der Waals surface area contributed by atoms with Gasteiger partial charge in [0.2, 0.25) is 5.91 Å². The lowest BCUT2D eigenvalue weighted by atomic mass is 10.3. The van der Waals surface area contributed by atoms with Crippen molar-refractivity contribution in [2.45, 2.75) is 6.42 Å². The third-order valence-corrected chi connectivity index (χ3v) is 2.56. The van der Waals surface area contributed by atoms with Crippen LogP contribution in [-0.4, -0.2) is 12.5 Å². The Morgan fingerprint density at radius 1 is 1.05 bits per heavy atom. The molecule has 0 radical (unpaired) electrons. The molecular weight excluding hydrogens is 240 g/mol. The Labute approximate surface area is 112 Å². The number of nitrogens with two attached hydrogens (primary N) is 1. The molecule has 0 aliphatic carbocycles. The van der Waals surface area contributed by atoms with Crippen molar-refractivity contribution in [3.63, 3.8) is 0 Å². The third kappa shape index (κ3) is 4.03. The highest BCUT2D eigenvalue weighted by Crippen LogP contribution is 2.19. The number of para-hydroxylation sites is 3. The van der Waals surface area contributed by atoms with Gasteiger partial charge in [-0.15, -0.1) is 0 Å². The van der Waals surface area contributed by atoms with Gasteiger partial charge >= 0.3 is 0 Å². The van der Waals surface area contributed by atoms with E-state index in [0.29, 0.717) is 18.0 Å². The van der Waals surface area contributed by atoms with Crippen LogP contribution in [0.3, 0.4) is 0 Å². The Morgan fingerprint density at radius 2 is 1.74 bits per heavy atom. The zero-order chi connectivity index (χ0) is 13.5. The van der Waals surface area contributed by atoms with E-state index in [2.05, 4.69) is 5.32 Å². The smallest absolute Gasteiger partial charge is 0.227 e. The van der Waals surface area contributed by atoms with Crippen LogP contribution in [0.5, 0.6) is 5.75 Å². The average molecular weight is 256 g/mol. The summed E-state index contributed by atoms with van der Waals surface area (Å²) in [5.41, 5.74) is 7.09. The molecule has 4 nitrogen and oxygen atoms in total. The van der Waals surface area contributed by atoms with Gasteiger partial charge in [0, 0.05) is 5.69 Å². The molecule has 98 valence electrons. The highest BCUT2D eigenvalue weighted by atomic mass is 16.5. The molecule has 0 spiro atoms. The van der Waals surface area contributed by atoms with E-state index in [-0.39, 0.29) is 12.3 Å². The summed E-state index contributed by atoms with van der Waals surface area (Å²) in [5.74, 6) is 0.524. The molecule has 0 saturated heterocycles. The lowest BCUT2D eigenvalue weighted by molar-refractivity contribution is -0.116. The summed E-state index contributed by atoms with van der Waals surface area (Å²) >= 11 is 0. The zero-order valence-electron chi connectivity index (χ0n) is 10.5. The first-order chi connectivity index (χ1) is 9.25. The number of benzene rings is 2. The average Bonchev–Trinajstić information content (AvgIpc) is 2.42. The Morgan fingerprint density at radius 3 is 2.47 bits per heavy atom. The first kappa shape index (κ1) is 13.0. The summed E-state index contributed by atoms with van der Waals surface area (Å²) in [6.07, 6.45) is 0.281.